The average molecular weight is 446 g/mol. The van der Waals surface area contributed by atoms with Gasteiger partial charge in [-0.3, -0.25) is 28.8 Å². The number of hydrogen-bond donors (Lipinski definition) is 8. The number of primary amides is 2. The smallest absolute Gasteiger partial charge is 0.326 e. The fraction of sp³-hybridized carbons (Fsp3) is 0.562. The third-order valence-electron chi connectivity index (χ3n) is 3.79. The van der Waals surface area contributed by atoms with Crippen molar-refractivity contribution in [1.29, 1.82) is 0 Å². The van der Waals surface area contributed by atoms with Gasteiger partial charge in [-0.05, 0) is 12.8 Å². The molecule has 174 valence electrons. The Balaban J connectivity index is 4.90. The molecule has 0 rings (SSSR count). The molecule has 0 saturated heterocycles. The van der Waals surface area contributed by atoms with Gasteiger partial charge in [-0.2, -0.15) is 0 Å². The first-order valence-electron chi connectivity index (χ1n) is 8.97. The van der Waals surface area contributed by atoms with Crippen molar-refractivity contribution in [1.82, 2.24) is 16.0 Å². The van der Waals surface area contributed by atoms with Crippen LogP contribution >= 0.6 is 0 Å². The fourth-order valence-electron chi connectivity index (χ4n) is 2.17. The molecule has 0 saturated carbocycles. The van der Waals surface area contributed by atoms with Crippen molar-refractivity contribution in [3.8, 4) is 0 Å². The largest absolute Gasteiger partial charge is 0.481 e. The lowest BCUT2D eigenvalue weighted by molar-refractivity contribution is -0.143. The van der Waals surface area contributed by atoms with Gasteiger partial charge in [0, 0.05) is 12.8 Å². The van der Waals surface area contributed by atoms with Crippen molar-refractivity contribution >= 4 is 41.5 Å². The molecule has 15 nitrogen and oxygen atoms in total. The number of amides is 5. The number of carboxylic acids is 2. The van der Waals surface area contributed by atoms with E-state index in [-0.39, 0.29) is 25.7 Å². The molecular weight excluding hydrogens is 420 g/mol. The first-order valence-corrected chi connectivity index (χ1v) is 8.97. The molecule has 0 radical (unpaired) electrons. The summed E-state index contributed by atoms with van der Waals surface area (Å²) in [6, 6.07) is -4.34. The summed E-state index contributed by atoms with van der Waals surface area (Å²) in [5.41, 5.74) is 15.4. The van der Waals surface area contributed by atoms with E-state index in [0.29, 0.717) is 0 Å². The molecule has 11 N–H and O–H groups in total. The second-order valence-corrected chi connectivity index (χ2v) is 6.45. The summed E-state index contributed by atoms with van der Waals surface area (Å²) in [5.74, 6) is -7.31. The summed E-state index contributed by atoms with van der Waals surface area (Å²) in [4.78, 5) is 79.6. The van der Waals surface area contributed by atoms with Crippen LogP contribution in [0.25, 0.3) is 0 Å². The number of carbonyl (C=O) groups is 7. The molecule has 5 amide bonds. The number of nitrogens with two attached hydrogens (primary N) is 3. The Morgan fingerprint density at radius 3 is 1.81 bits per heavy atom. The van der Waals surface area contributed by atoms with E-state index in [9.17, 15) is 33.6 Å². The Kier molecular flexibility index (Phi) is 11.8. The minimum absolute atomic E-state index is 0.0608. The third kappa shape index (κ3) is 12.4. The zero-order valence-corrected chi connectivity index (χ0v) is 16.5. The Bertz CT molecular complexity index is 726. The van der Waals surface area contributed by atoms with Gasteiger partial charge in [0.05, 0.1) is 19.0 Å². The van der Waals surface area contributed by atoms with Crippen LogP contribution in [-0.4, -0.2) is 76.4 Å². The molecule has 0 aromatic rings. The zero-order chi connectivity index (χ0) is 24.1. The van der Waals surface area contributed by atoms with Crippen LogP contribution in [0.2, 0.25) is 0 Å². The van der Waals surface area contributed by atoms with Crippen LogP contribution < -0.4 is 33.2 Å². The SMILES string of the molecule is NC(=O)CCC(N)C(=O)NCC(=O)NC(CC(=O)O)C(=O)NC(CCC(N)=O)C(=O)O. The summed E-state index contributed by atoms with van der Waals surface area (Å²) >= 11 is 0. The minimum atomic E-state index is -1.67. The Labute approximate surface area is 176 Å². The predicted octanol–water partition coefficient (Wildman–Crippen LogP) is -4.51. The summed E-state index contributed by atoms with van der Waals surface area (Å²) in [6.45, 7) is -0.670. The van der Waals surface area contributed by atoms with E-state index < -0.39 is 72.6 Å². The van der Waals surface area contributed by atoms with Gasteiger partial charge < -0.3 is 43.4 Å². The molecule has 3 atom stereocenters. The van der Waals surface area contributed by atoms with Crippen LogP contribution in [0.5, 0.6) is 0 Å². The number of aliphatic carboxylic acids is 2. The zero-order valence-electron chi connectivity index (χ0n) is 16.5. The van der Waals surface area contributed by atoms with Crippen molar-refractivity contribution < 1.29 is 43.8 Å². The minimum Gasteiger partial charge on any atom is -0.481 e. The molecule has 3 unspecified atom stereocenters. The van der Waals surface area contributed by atoms with Gasteiger partial charge in [-0.25, -0.2) is 4.79 Å². The lowest BCUT2D eigenvalue weighted by Crippen LogP contribution is -2.54. The van der Waals surface area contributed by atoms with Gasteiger partial charge in [-0.15, -0.1) is 0 Å². The molecule has 0 bridgehead atoms. The van der Waals surface area contributed by atoms with E-state index in [4.69, 9.17) is 27.4 Å². The van der Waals surface area contributed by atoms with E-state index >= 15 is 0 Å². The maximum atomic E-state index is 12.2. The van der Waals surface area contributed by atoms with Crippen molar-refractivity contribution in [2.24, 2.45) is 17.2 Å². The molecule has 15 heteroatoms. The summed E-state index contributed by atoms with van der Waals surface area (Å²) in [5, 5.41) is 24.2. The maximum Gasteiger partial charge on any atom is 0.326 e. The second kappa shape index (κ2) is 13.5. The van der Waals surface area contributed by atoms with Gasteiger partial charge in [0.25, 0.3) is 0 Å². The Hall–Kier alpha value is -3.75. The molecule has 0 aromatic heterocycles. The third-order valence-corrected chi connectivity index (χ3v) is 3.79. The van der Waals surface area contributed by atoms with Crippen molar-refractivity contribution in [2.75, 3.05) is 6.54 Å². The molecule has 0 aliphatic rings. The van der Waals surface area contributed by atoms with Gasteiger partial charge in [-0.1, -0.05) is 0 Å². The van der Waals surface area contributed by atoms with Crippen LogP contribution in [-0.2, 0) is 33.6 Å². The van der Waals surface area contributed by atoms with E-state index in [1.807, 2.05) is 5.32 Å². The number of nitrogens with one attached hydrogen (secondary N) is 3. The summed E-state index contributed by atoms with van der Waals surface area (Å²) in [7, 11) is 0. The quantitative estimate of drug-likeness (QED) is 0.119. The molecule has 0 aliphatic heterocycles. The van der Waals surface area contributed by atoms with E-state index in [1.165, 1.54) is 0 Å². The van der Waals surface area contributed by atoms with Crippen LogP contribution in [0, 0.1) is 0 Å². The Morgan fingerprint density at radius 2 is 1.32 bits per heavy atom. The van der Waals surface area contributed by atoms with E-state index in [1.54, 1.807) is 0 Å². The highest BCUT2D eigenvalue weighted by molar-refractivity contribution is 5.94. The van der Waals surface area contributed by atoms with E-state index in [0.717, 1.165) is 0 Å². The van der Waals surface area contributed by atoms with Crippen molar-refractivity contribution in [3.63, 3.8) is 0 Å². The molecular formula is C16H26N6O9. The van der Waals surface area contributed by atoms with Crippen molar-refractivity contribution in [3.05, 3.63) is 0 Å². The standard InChI is InChI=1S/C16H26N6O9/c17-7(1-3-10(18)23)14(28)20-6-12(25)21-9(5-13(26)27)15(29)22-8(16(30)31)2-4-11(19)24/h7-9H,1-6,17H2,(H2,18,23)(H2,19,24)(H,20,28)(H,21,25)(H,22,29)(H,26,27)(H,30,31). The van der Waals surface area contributed by atoms with Gasteiger partial charge >= 0.3 is 11.9 Å². The molecule has 0 spiro atoms. The monoisotopic (exact) mass is 446 g/mol. The molecule has 0 heterocycles. The number of carboxylic acid groups (broad SMARTS) is 2. The molecule has 0 fully saturated rings. The van der Waals surface area contributed by atoms with Crippen LogP contribution in [0.15, 0.2) is 0 Å². The van der Waals surface area contributed by atoms with E-state index in [2.05, 4.69) is 10.6 Å². The normalized spacial score (nSPS) is 13.2. The van der Waals surface area contributed by atoms with Crippen molar-refractivity contribution in [2.45, 2.75) is 50.2 Å². The number of hydrogen-bond acceptors (Lipinski definition) is 8. The highest BCUT2D eigenvalue weighted by Crippen LogP contribution is 2.01. The lowest BCUT2D eigenvalue weighted by atomic mass is 10.1. The first kappa shape index (κ1) is 27.2. The number of rotatable bonds is 15. The lowest BCUT2D eigenvalue weighted by Gasteiger charge is -2.20. The fourth-order valence-corrected chi connectivity index (χ4v) is 2.17. The highest BCUT2D eigenvalue weighted by Gasteiger charge is 2.28. The molecule has 0 aromatic carbocycles. The van der Waals surface area contributed by atoms with Crippen LogP contribution in [0.4, 0.5) is 0 Å². The highest BCUT2D eigenvalue weighted by atomic mass is 16.4. The van der Waals surface area contributed by atoms with Crippen LogP contribution in [0.3, 0.4) is 0 Å². The van der Waals surface area contributed by atoms with Gasteiger partial charge in [0.2, 0.25) is 29.5 Å². The molecule has 31 heavy (non-hydrogen) atoms. The van der Waals surface area contributed by atoms with Crippen LogP contribution in [0.1, 0.15) is 32.1 Å². The predicted molar refractivity (Wildman–Crippen MR) is 102 cm³/mol. The second-order valence-electron chi connectivity index (χ2n) is 6.45. The Morgan fingerprint density at radius 1 is 0.774 bits per heavy atom. The van der Waals surface area contributed by atoms with Gasteiger partial charge in [0.1, 0.15) is 12.1 Å². The van der Waals surface area contributed by atoms with Gasteiger partial charge in [0.15, 0.2) is 0 Å². The summed E-state index contributed by atoms with van der Waals surface area (Å²) < 4.78 is 0. The topological polar surface area (TPSA) is 274 Å². The average Bonchev–Trinajstić information content (AvgIpc) is 2.65. The molecule has 0 aliphatic carbocycles. The number of carbonyl (C=O) groups excluding carboxylic acids is 5. The first-order chi connectivity index (χ1) is 14.3. The summed E-state index contributed by atoms with van der Waals surface area (Å²) in [6.07, 6.45) is -1.79. The maximum absolute atomic E-state index is 12.2.